The summed E-state index contributed by atoms with van der Waals surface area (Å²) in [6, 6.07) is 1.96. The van der Waals surface area contributed by atoms with Crippen LogP contribution in [-0.2, 0) is 11.3 Å². The summed E-state index contributed by atoms with van der Waals surface area (Å²) in [6.07, 6.45) is 0. The van der Waals surface area contributed by atoms with Crippen LogP contribution in [0.5, 0.6) is 0 Å². The lowest BCUT2D eigenvalue weighted by atomic mass is 10.3. The summed E-state index contributed by atoms with van der Waals surface area (Å²) < 4.78 is 0.638. The lowest BCUT2D eigenvalue weighted by Gasteiger charge is -2.20. The minimum atomic E-state index is -0.118. The van der Waals surface area contributed by atoms with Crippen molar-refractivity contribution in [3.05, 3.63) is 27.6 Å². The summed E-state index contributed by atoms with van der Waals surface area (Å²) in [5.74, 6) is 0.566. The van der Waals surface area contributed by atoms with Gasteiger partial charge in [0.05, 0.1) is 18.6 Å². The van der Waals surface area contributed by atoms with Crippen molar-refractivity contribution < 1.29 is 4.79 Å². The van der Waals surface area contributed by atoms with E-state index in [1.807, 2.05) is 37.1 Å². The van der Waals surface area contributed by atoms with Crippen LogP contribution in [-0.4, -0.2) is 39.9 Å². The molecule has 0 radical (unpaired) electrons. The van der Waals surface area contributed by atoms with Gasteiger partial charge in [0.2, 0.25) is 5.91 Å². The maximum absolute atomic E-state index is 11.9. The Morgan fingerprint density at radius 2 is 2.29 bits per heavy atom. The molecule has 2 aromatic rings. The number of aromatic amines is 1. The number of carbonyl (C=O) groups is 1. The molecule has 6 nitrogen and oxygen atoms in total. The van der Waals surface area contributed by atoms with E-state index in [9.17, 15) is 9.59 Å². The van der Waals surface area contributed by atoms with Crippen LogP contribution in [0, 0.1) is 0 Å². The Morgan fingerprint density at radius 1 is 1.52 bits per heavy atom. The number of rotatable bonds is 6. The Balaban J connectivity index is 2.09. The van der Waals surface area contributed by atoms with E-state index in [2.05, 4.69) is 15.3 Å². The number of carbonyl (C=O) groups excluding carboxylic acids is 1. The summed E-state index contributed by atoms with van der Waals surface area (Å²) in [5.41, 5.74) is 0.592. The first-order valence-corrected chi connectivity index (χ1v) is 7.85. The quantitative estimate of drug-likeness (QED) is 0.844. The second kappa shape index (κ2) is 6.82. The average Bonchev–Trinajstić information content (AvgIpc) is 2.85. The van der Waals surface area contributed by atoms with Crippen LogP contribution in [0.25, 0.3) is 10.2 Å². The second-order valence-electron chi connectivity index (χ2n) is 5.17. The van der Waals surface area contributed by atoms with Crippen molar-refractivity contribution >= 4 is 27.5 Å². The van der Waals surface area contributed by atoms with E-state index in [-0.39, 0.29) is 17.5 Å². The molecule has 0 spiro atoms. The third-order valence-corrected chi connectivity index (χ3v) is 3.90. The van der Waals surface area contributed by atoms with E-state index in [1.54, 1.807) is 0 Å². The topological polar surface area (TPSA) is 78.1 Å². The summed E-state index contributed by atoms with van der Waals surface area (Å²) in [6.45, 7) is 7.28. The third-order valence-electron chi connectivity index (χ3n) is 3.00. The van der Waals surface area contributed by atoms with Crippen LogP contribution in [0.3, 0.4) is 0 Å². The summed E-state index contributed by atoms with van der Waals surface area (Å²) in [4.78, 5) is 32.9. The molecule has 1 amide bonds. The number of nitrogens with zero attached hydrogens (tertiary/aromatic N) is 2. The zero-order valence-electron chi connectivity index (χ0n) is 12.5. The van der Waals surface area contributed by atoms with E-state index in [0.29, 0.717) is 35.7 Å². The molecular weight excluding hydrogens is 288 g/mol. The number of hydrogen-bond donors (Lipinski definition) is 2. The largest absolute Gasteiger partial charge is 0.353 e. The van der Waals surface area contributed by atoms with E-state index < -0.39 is 0 Å². The maximum Gasteiger partial charge on any atom is 0.268 e. The Labute approximate surface area is 127 Å². The Hall–Kier alpha value is -1.73. The Morgan fingerprint density at radius 3 is 2.95 bits per heavy atom. The minimum absolute atomic E-state index is 0.0224. The molecule has 2 aromatic heterocycles. The van der Waals surface area contributed by atoms with E-state index >= 15 is 0 Å². The van der Waals surface area contributed by atoms with Gasteiger partial charge in [-0.2, -0.15) is 0 Å². The first-order valence-electron chi connectivity index (χ1n) is 6.97. The normalized spacial score (nSPS) is 11.5. The molecule has 0 bridgehead atoms. The molecule has 2 rings (SSSR count). The third kappa shape index (κ3) is 4.12. The molecule has 114 valence electrons. The van der Waals surface area contributed by atoms with E-state index in [1.165, 1.54) is 11.3 Å². The highest BCUT2D eigenvalue weighted by Crippen LogP contribution is 2.14. The molecule has 0 saturated heterocycles. The average molecular weight is 308 g/mol. The number of H-pyrrole nitrogens is 1. The molecule has 21 heavy (non-hydrogen) atoms. The van der Waals surface area contributed by atoms with E-state index in [4.69, 9.17) is 0 Å². The van der Waals surface area contributed by atoms with Crippen molar-refractivity contribution in [3.8, 4) is 0 Å². The molecule has 0 aliphatic carbocycles. The standard InChI is InChI=1S/C14H20N4O2S/c1-4-18(8-12(19)15-9(2)3)7-11-16-10-5-6-21-13(10)14(20)17-11/h5-6,9H,4,7-8H2,1-3H3,(H,15,19)(H,16,17,20). The van der Waals surface area contributed by atoms with E-state index in [0.717, 1.165) is 0 Å². The number of aromatic nitrogens is 2. The van der Waals surface area contributed by atoms with Gasteiger partial charge in [-0.1, -0.05) is 6.92 Å². The molecular formula is C14H20N4O2S. The van der Waals surface area contributed by atoms with Gasteiger partial charge in [-0.25, -0.2) is 4.98 Å². The lowest BCUT2D eigenvalue weighted by Crippen LogP contribution is -2.40. The molecule has 0 aliphatic heterocycles. The fourth-order valence-electron chi connectivity index (χ4n) is 2.06. The Kier molecular flexibility index (Phi) is 5.08. The molecule has 7 heteroatoms. The highest BCUT2D eigenvalue weighted by atomic mass is 32.1. The number of hydrogen-bond acceptors (Lipinski definition) is 5. The van der Waals surface area contributed by atoms with Gasteiger partial charge in [-0.3, -0.25) is 14.5 Å². The van der Waals surface area contributed by atoms with Gasteiger partial charge in [0, 0.05) is 6.04 Å². The molecule has 0 fully saturated rings. The van der Waals surface area contributed by atoms with Gasteiger partial charge in [-0.15, -0.1) is 11.3 Å². The van der Waals surface area contributed by atoms with Crippen LogP contribution in [0.2, 0.25) is 0 Å². The molecule has 0 aliphatic rings. The minimum Gasteiger partial charge on any atom is -0.353 e. The predicted molar refractivity (Wildman–Crippen MR) is 84.5 cm³/mol. The molecule has 2 N–H and O–H groups in total. The summed E-state index contributed by atoms with van der Waals surface area (Å²) in [7, 11) is 0. The van der Waals surface area contributed by atoms with Crippen LogP contribution in [0.4, 0.5) is 0 Å². The lowest BCUT2D eigenvalue weighted by molar-refractivity contribution is -0.122. The van der Waals surface area contributed by atoms with Crippen LogP contribution in [0.15, 0.2) is 16.2 Å². The van der Waals surface area contributed by atoms with Crippen molar-refractivity contribution in [2.24, 2.45) is 0 Å². The van der Waals surface area contributed by atoms with Gasteiger partial charge in [-0.05, 0) is 31.8 Å². The summed E-state index contributed by atoms with van der Waals surface area (Å²) >= 11 is 1.38. The second-order valence-corrected chi connectivity index (χ2v) is 6.09. The van der Waals surface area contributed by atoms with Crippen molar-refractivity contribution in [2.45, 2.75) is 33.4 Å². The van der Waals surface area contributed by atoms with Gasteiger partial charge < -0.3 is 10.3 Å². The van der Waals surface area contributed by atoms with Gasteiger partial charge in [0.15, 0.2) is 0 Å². The highest BCUT2D eigenvalue weighted by Gasteiger charge is 2.13. The summed E-state index contributed by atoms with van der Waals surface area (Å²) in [5, 5.41) is 4.71. The molecule has 0 unspecified atom stereocenters. The highest BCUT2D eigenvalue weighted by molar-refractivity contribution is 7.17. The van der Waals surface area contributed by atoms with Crippen molar-refractivity contribution in [2.75, 3.05) is 13.1 Å². The fraction of sp³-hybridized carbons (Fsp3) is 0.500. The maximum atomic E-state index is 11.9. The monoisotopic (exact) mass is 308 g/mol. The number of amides is 1. The van der Waals surface area contributed by atoms with Crippen LogP contribution in [0.1, 0.15) is 26.6 Å². The fourth-order valence-corrected chi connectivity index (χ4v) is 2.78. The molecule has 2 heterocycles. The molecule has 0 atom stereocenters. The number of fused-ring (bicyclic) bond motifs is 1. The number of likely N-dealkylation sites (N-methyl/N-ethyl adjacent to an activating group) is 1. The SMILES string of the molecule is CCN(CC(=O)NC(C)C)Cc1nc2ccsc2c(=O)[nH]1. The molecule has 0 aromatic carbocycles. The molecule has 0 saturated carbocycles. The van der Waals surface area contributed by atoms with Crippen LogP contribution >= 0.6 is 11.3 Å². The number of thiophene rings is 1. The smallest absolute Gasteiger partial charge is 0.268 e. The first-order chi connectivity index (χ1) is 9.99. The zero-order valence-corrected chi connectivity index (χ0v) is 13.3. The first kappa shape index (κ1) is 15.7. The van der Waals surface area contributed by atoms with Crippen molar-refractivity contribution in [1.29, 1.82) is 0 Å². The van der Waals surface area contributed by atoms with Crippen molar-refractivity contribution in [3.63, 3.8) is 0 Å². The van der Waals surface area contributed by atoms with Gasteiger partial charge in [0.25, 0.3) is 5.56 Å². The zero-order chi connectivity index (χ0) is 15.4. The van der Waals surface area contributed by atoms with Crippen molar-refractivity contribution in [1.82, 2.24) is 20.2 Å². The van der Waals surface area contributed by atoms with Gasteiger partial charge >= 0.3 is 0 Å². The van der Waals surface area contributed by atoms with Gasteiger partial charge in [0.1, 0.15) is 10.5 Å². The predicted octanol–water partition coefficient (Wildman–Crippen LogP) is 1.33. The van der Waals surface area contributed by atoms with Crippen LogP contribution < -0.4 is 10.9 Å². The number of nitrogens with one attached hydrogen (secondary N) is 2. The Bertz CT molecular complexity index is 677.